The molecule has 0 bridgehead atoms. The Hall–Kier alpha value is -3.93. The molecule has 0 saturated carbocycles. The Balaban J connectivity index is 1.57. The van der Waals surface area contributed by atoms with E-state index in [1.165, 1.54) is 0 Å². The Morgan fingerprint density at radius 2 is 1.70 bits per heavy atom. The molecule has 0 aliphatic carbocycles. The van der Waals surface area contributed by atoms with Crippen molar-refractivity contribution >= 4 is 28.5 Å². The van der Waals surface area contributed by atoms with Crippen LogP contribution in [0.5, 0.6) is 0 Å². The van der Waals surface area contributed by atoms with Gasteiger partial charge in [-0.3, -0.25) is 14.2 Å². The smallest absolute Gasteiger partial charge is 0.254 e. The normalized spacial score (nSPS) is 10.9. The molecule has 0 aliphatic rings. The topological polar surface area (TPSA) is 67.2 Å². The standard InChI is InChI=1S/C27H28N4O2/c1-4-16-30(18-26(32)29-23-13-9-8-10-19(23)2)27(33)21-14-15-25-24(17-21)28-20(3)31(25)22-11-6-5-7-12-22/h5-15,17H,4,16,18H2,1-3H3,(H,29,32). The molecule has 6 heteroatoms. The van der Waals surface area contributed by atoms with E-state index in [1.807, 2.05) is 93.6 Å². The van der Waals surface area contributed by atoms with Gasteiger partial charge in [0.05, 0.1) is 11.0 Å². The first kappa shape index (κ1) is 22.3. The van der Waals surface area contributed by atoms with Crippen molar-refractivity contribution < 1.29 is 9.59 Å². The van der Waals surface area contributed by atoms with Crippen LogP contribution in [0.1, 0.15) is 35.1 Å². The number of hydrogen-bond donors (Lipinski definition) is 1. The molecule has 2 amide bonds. The number of aryl methyl sites for hydroxylation is 2. The number of amides is 2. The highest BCUT2D eigenvalue weighted by Crippen LogP contribution is 2.23. The number of benzene rings is 3. The molecule has 1 heterocycles. The first-order valence-electron chi connectivity index (χ1n) is 11.2. The fourth-order valence-electron chi connectivity index (χ4n) is 4.02. The number of nitrogens with zero attached hydrogens (tertiary/aromatic N) is 3. The number of carbonyl (C=O) groups is 2. The van der Waals surface area contributed by atoms with E-state index in [0.717, 1.165) is 40.2 Å². The zero-order valence-electron chi connectivity index (χ0n) is 19.2. The second kappa shape index (κ2) is 9.69. The second-order valence-electron chi connectivity index (χ2n) is 8.12. The van der Waals surface area contributed by atoms with E-state index in [1.54, 1.807) is 4.90 Å². The predicted octanol–water partition coefficient (Wildman–Crippen LogP) is 5.13. The van der Waals surface area contributed by atoms with Crippen LogP contribution in [-0.4, -0.2) is 39.4 Å². The quantitative estimate of drug-likeness (QED) is 0.433. The van der Waals surface area contributed by atoms with Crippen molar-refractivity contribution in [2.75, 3.05) is 18.4 Å². The lowest BCUT2D eigenvalue weighted by atomic mass is 10.1. The summed E-state index contributed by atoms with van der Waals surface area (Å²) < 4.78 is 2.07. The van der Waals surface area contributed by atoms with E-state index in [9.17, 15) is 9.59 Å². The maximum atomic E-state index is 13.3. The molecule has 0 atom stereocenters. The molecule has 1 N–H and O–H groups in total. The fourth-order valence-corrected chi connectivity index (χ4v) is 4.02. The number of nitrogens with one attached hydrogen (secondary N) is 1. The van der Waals surface area contributed by atoms with Crippen molar-refractivity contribution in [1.29, 1.82) is 0 Å². The summed E-state index contributed by atoms with van der Waals surface area (Å²) in [4.78, 5) is 32.3. The summed E-state index contributed by atoms with van der Waals surface area (Å²) in [5.74, 6) is 0.464. The van der Waals surface area contributed by atoms with Gasteiger partial charge < -0.3 is 10.2 Å². The van der Waals surface area contributed by atoms with Gasteiger partial charge in [-0.2, -0.15) is 0 Å². The Bertz CT molecular complexity index is 1290. The van der Waals surface area contributed by atoms with Gasteiger partial charge >= 0.3 is 0 Å². The summed E-state index contributed by atoms with van der Waals surface area (Å²) in [6.45, 7) is 6.38. The van der Waals surface area contributed by atoms with Gasteiger partial charge in [0.15, 0.2) is 0 Å². The van der Waals surface area contributed by atoms with Crippen LogP contribution in [0, 0.1) is 13.8 Å². The number of aromatic nitrogens is 2. The van der Waals surface area contributed by atoms with E-state index in [2.05, 4.69) is 14.9 Å². The third-order valence-corrected chi connectivity index (χ3v) is 5.62. The molecular formula is C27H28N4O2. The lowest BCUT2D eigenvalue weighted by Crippen LogP contribution is -2.38. The van der Waals surface area contributed by atoms with Crippen LogP contribution in [0.25, 0.3) is 16.7 Å². The molecule has 0 fully saturated rings. The molecular weight excluding hydrogens is 412 g/mol. The van der Waals surface area contributed by atoms with Gasteiger partial charge in [0.2, 0.25) is 5.91 Å². The van der Waals surface area contributed by atoms with Crippen molar-refractivity contribution in [2.45, 2.75) is 27.2 Å². The number of carbonyl (C=O) groups excluding carboxylic acids is 2. The van der Waals surface area contributed by atoms with Crippen LogP contribution in [0.4, 0.5) is 5.69 Å². The average molecular weight is 441 g/mol. The Kier molecular flexibility index (Phi) is 6.54. The largest absolute Gasteiger partial charge is 0.329 e. The number of anilines is 1. The summed E-state index contributed by atoms with van der Waals surface area (Å²) in [5.41, 5.74) is 4.98. The van der Waals surface area contributed by atoms with Gasteiger partial charge in [-0.1, -0.05) is 43.3 Å². The zero-order valence-corrected chi connectivity index (χ0v) is 19.2. The second-order valence-corrected chi connectivity index (χ2v) is 8.12. The van der Waals surface area contributed by atoms with Crippen LogP contribution < -0.4 is 5.32 Å². The van der Waals surface area contributed by atoms with Crippen LogP contribution in [0.15, 0.2) is 72.8 Å². The van der Waals surface area contributed by atoms with Crippen molar-refractivity contribution in [3.05, 3.63) is 89.7 Å². The number of para-hydroxylation sites is 2. The summed E-state index contributed by atoms with van der Waals surface area (Å²) in [5, 5.41) is 2.92. The zero-order chi connectivity index (χ0) is 23.4. The van der Waals surface area contributed by atoms with Crippen molar-refractivity contribution in [3.8, 4) is 5.69 Å². The fraction of sp³-hybridized carbons (Fsp3) is 0.222. The first-order chi connectivity index (χ1) is 16.0. The molecule has 6 nitrogen and oxygen atoms in total. The molecule has 0 aliphatic heterocycles. The minimum absolute atomic E-state index is 0.00344. The third-order valence-electron chi connectivity index (χ3n) is 5.62. The van der Waals surface area contributed by atoms with Crippen molar-refractivity contribution in [1.82, 2.24) is 14.5 Å². The molecule has 4 aromatic rings. The van der Waals surface area contributed by atoms with E-state index >= 15 is 0 Å². The highest BCUT2D eigenvalue weighted by molar-refractivity contribution is 6.01. The number of fused-ring (bicyclic) bond motifs is 1. The molecule has 0 radical (unpaired) electrons. The monoisotopic (exact) mass is 440 g/mol. The van der Waals surface area contributed by atoms with Crippen LogP contribution in [0.2, 0.25) is 0 Å². The van der Waals surface area contributed by atoms with Crippen molar-refractivity contribution in [2.24, 2.45) is 0 Å². The number of imidazole rings is 1. The van der Waals surface area contributed by atoms with E-state index in [0.29, 0.717) is 12.1 Å². The van der Waals surface area contributed by atoms with E-state index < -0.39 is 0 Å². The van der Waals surface area contributed by atoms with Gasteiger partial charge in [-0.05, 0) is 62.2 Å². The van der Waals surface area contributed by atoms with Crippen molar-refractivity contribution in [3.63, 3.8) is 0 Å². The lowest BCUT2D eigenvalue weighted by molar-refractivity contribution is -0.116. The highest BCUT2D eigenvalue weighted by atomic mass is 16.2. The number of rotatable bonds is 7. The average Bonchev–Trinajstić information content (AvgIpc) is 3.15. The Labute approximate surface area is 193 Å². The Morgan fingerprint density at radius 3 is 2.42 bits per heavy atom. The number of hydrogen-bond acceptors (Lipinski definition) is 3. The van der Waals surface area contributed by atoms with Crippen LogP contribution in [-0.2, 0) is 4.79 Å². The maximum Gasteiger partial charge on any atom is 0.254 e. The van der Waals surface area contributed by atoms with Gasteiger partial charge in [0.1, 0.15) is 12.4 Å². The van der Waals surface area contributed by atoms with Gasteiger partial charge in [-0.15, -0.1) is 0 Å². The predicted molar refractivity (Wildman–Crippen MR) is 132 cm³/mol. The molecule has 0 unspecified atom stereocenters. The first-order valence-corrected chi connectivity index (χ1v) is 11.2. The molecule has 1 aromatic heterocycles. The van der Waals surface area contributed by atoms with Crippen LogP contribution in [0.3, 0.4) is 0 Å². The summed E-state index contributed by atoms with van der Waals surface area (Å²) in [6.07, 6.45) is 0.757. The molecule has 3 aromatic carbocycles. The summed E-state index contributed by atoms with van der Waals surface area (Å²) in [7, 11) is 0. The van der Waals surface area contributed by atoms with Gasteiger partial charge in [0.25, 0.3) is 5.91 Å². The Morgan fingerprint density at radius 1 is 0.970 bits per heavy atom. The SMILES string of the molecule is CCCN(CC(=O)Nc1ccccc1C)C(=O)c1ccc2c(c1)nc(C)n2-c1ccccc1. The van der Waals surface area contributed by atoms with E-state index in [4.69, 9.17) is 0 Å². The lowest BCUT2D eigenvalue weighted by Gasteiger charge is -2.22. The molecule has 0 spiro atoms. The molecule has 168 valence electrons. The minimum Gasteiger partial charge on any atom is -0.329 e. The third kappa shape index (κ3) is 4.80. The van der Waals surface area contributed by atoms with Gasteiger partial charge in [-0.25, -0.2) is 4.98 Å². The molecule has 33 heavy (non-hydrogen) atoms. The van der Waals surface area contributed by atoms with Gasteiger partial charge in [0, 0.05) is 23.5 Å². The van der Waals surface area contributed by atoms with Crippen LogP contribution >= 0.6 is 0 Å². The maximum absolute atomic E-state index is 13.3. The minimum atomic E-state index is -0.212. The highest BCUT2D eigenvalue weighted by Gasteiger charge is 2.20. The molecule has 0 saturated heterocycles. The summed E-state index contributed by atoms with van der Waals surface area (Å²) in [6, 6.07) is 23.2. The summed E-state index contributed by atoms with van der Waals surface area (Å²) >= 11 is 0. The molecule has 4 rings (SSSR count). The van der Waals surface area contributed by atoms with E-state index in [-0.39, 0.29) is 18.4 Å².